The molecule has 0 unspecified atom stereocenters. The van der Waals surface area contributed by atoms with Gasteiger partial charge in [-0.1, -0.05) is 43.2 Å². The Labute approximate surface area is 183 Å². The maximum atomic E-state index is 13.5. The lowest BCUT2D eigenvalue weighted by atomic mass is 9.95. The molecule has 2 fully saturated rings. The van der Waals surface area contributed by atoms with Crippen LogP contribution >= 0.6 is 0 Å². The Morgan fingerprint density at radius 3 is 2.19 bits per heavy atom. The van der Waals surface area contributed by atoms with E-state index in [1.54, 1.807) is 12.1 Å². The summed E-state index contributed by atoms with van der Waals surface area (Å²) in [6.07, 6.45) is 3.25. The number of amides is 3. The van der Waals surface area contributed by atoms with E-state index in [1.165, 1.54) is 0 Å². The van der Waals surface area contributed by atoms with Gasteiger partial charge in [0.1, 0.15) is 11.3 Å². The summed E-state index contributed by atoms with van der Waals surface area (Å²) in [6.45, 7) is 3.13. The Morgan fingerprint density at radius 1 is 0.903 bits per heavy atom. The third-order valence-corrected chi connectivity index (χ3v) is 6.30. The summed E-state index contributed by atoms with van der Waals surface area (Å²) in [5, 5.41) is 15.4. The number of rotatable bonds is 5. The number of nitrogens with one attached hydrogen (secondary N) is 2. The minimum absolute atomic E-state index is 0.0326. The molecule has 1 saturated heterocycles. The molecule has 3 N–H and O–H groups in total. The van der Waals surface area contributed by atoms with Gasteiger partial charge >= 0.3 is 6.03 Å². The van der Waals surface area contributed by atoms with Gasteiger partial charge in [0, 0.05) is 38.4 Å². The third-order valence-electron chi connectivity index (χ3n) is 6.30. The molecular formula is C24H30N4O3. The zero-order valence-electron chi connectivity index (χ0n) is 17.7. The Kier molecular flexibility index (Phi) is 6.30. The number of nitrogens with zero attached hydrogens (tertiary/aromatic N) is 2. The number of phenolic OH excluding ortho intramolecular Hbond substituents is 1. The quantitative estimate of drug-likeness (QED) is 0.692. The van der Waals surface area contributed by atoms with E-state index in [1.807, 2.05) is 47.4 Å². The molecule has 4 rings (SSSR count). The molecule has 0 aromatic heterocycles. The van der Waals surface area contributed by atoms with E-state index < -0.39 is 5.54 Å². The van der Waals surface area contributed by atoms with Gasteiger partial charge in [0.2, 0.25) is 5.91 Å². The number of carbonyl (C=O) groups is 2. The molecule has 164 valence electrons. The molecule has 0 bridgehead atoms. The Hall–Kier alpha value is -3.22. The first-order valence-electron chi connectivity index (χ1n) is 11.0. The summed E-state index contributed by atoms with van der Waals surface area (Å²) in [6, 6.07) is 16.6. The Bertz CT molecular complexity index is 887. The van der Waals surface area contributed by atoms with Crippen molar-refractivity contribution in [2.45, 2.75) is 37.8 Å². The van der Waals surface area contributed by atoms with Crippen LogP contribution in [-0.4, -0.2) is 53.7 Å². The van der Waals surface area contributed by atoms with Crippen LogP contribution in [0.5, 0.6) is 5.75 Å². The normalized spacial score (nSPS) is 17.9. The molecule has 1 saturated carbocycles. The van der Waals surface area contributed by atoms with Crippen LogP contribution < -0.4 is 15.5 Å². The predicted molar refractivity (Wildman–Crippen MR) is 120 cm³/mol. The molecule has 0 radical (unpaired) electrons. The van der Waals surface area contributed by atoms with Gasteiger partial charge in [0.15, 0.2) is 0 Å². The number of anilines is 1. The van der Waals surface area contributed by atoms with Crippen molar-refractivity contribution in [1.29, 1.82) is 0 Å². The molecule has 2 aromatic rings. The van der Waals surface area contributed by atoms with E-state index in [4.69, 9.17) is 0 Å². The SMILES string of the molecule is O=C(NCc1ccccc1)NC1(C(=O)N2CCN(c3ccc(O)cc3)CC2)CCCC1. The highest BCUT2D eigenvalue weighted by molar-refractivity contribution is 5.91. The smallest absolute Gasteiger partial charge is 0.315 e. The van der Waals surface area contributed by atoms with Crippen molar-refractivity contribution in [3.8, 4) is 5.75 Å². The highest BCUT2D eigenvalue weighted by Gasteiger charge is 2.45. The van der Waals surface area contributed by atoms with Gasteiger partial charge < -0.3 is 25.5 Å². The van der Waals surface area contributed by atoms with Crippen LogP contribution in [0.15, 0.2) is 54.6 Å². The Morgan fingerprint density at radius 2 is 1.55 bits per heavy atom. The number of urea groups is 1. The highest BCUT2D eigenvalue weighted by atomic mass is 16.3. The number of piperazine rings is 1. The standard InChI is InChI=1S/C24H30N4O3/c29-21-10-8-20(9-11-21)27-14-16-28(17-15-27)22(30)24(12-4-5-13-24)26-23(31)25-18-19-6-2-1-3-7-19/h1-3,6-11,29H,4-5,12-18H2,(H2,25,26,31). The number of hydrogen-bond donors (Lipinski definition) is 3. The fourth-order valence-electron chi connectivity index (χ4n) is 4.54. The first-order chi connectivity index (χ1) is 15.1. The first kappa shape index (κ1) is 21.0. The van der Waals surface area contributed by atoms with E-state index in [-0.39, 0.29) is 17.7 Å². The fourth-order valence-corrected chi connectivity index (χ4v) is 4.54. The average molecular weight is 423 g/mol. The number of hydrogen-bond acceptors (Lipinski definition) is 4. The summed E-state index contributed by atoms with van der Waals surface area (Å²) in [4.78, 5) is 30.2. The molecule has 1 heterocycles. The van der Waals surface area contributed by atoms with Crippen LogP contribution in [0.25, 0.3) is 0 Å². The zero-order chi connectivity index (χ0) is 21.7. The maximum absolute atomic E-state index is 13.5. The van der Waals surface area contributed by atoms with E-state index >= 15 is 0 Å². The second-order valence-electron chi connectivity index (χ2n) is 8.38. The molecule has 2 aromatic carbocycles. The van der Waals surface area contributed by atoms with Crippen molar-refractivity contribution in [3.63, 3.8) is 0 Å². The molecule has 31 heavy (non-hydrogen) atoms. The van der Waals surface area contributed by atoms with E-state index in [0.717, 1.165) is 37.2 Å². The lowest BCUT2D eigenvalue weighted by Gasteiger charge is -2.40. The molecule has 7 nitrogen and oxygen atoms in total. The monoisotopic (exact) mass is 422 g/mol. The summed E-state index contributed by atoms with van der Waals surface area (Å²) < 4.78 is 0. The fraction of sp³-hybridized carbons (Fsp3) is 0.417. The largest absolute Gasteiger partial charge is 0.508 e. The van der Waals surface area contributed by atoms with E-state index in [2.05, 4.69) is 15.5 Å². The molecule has 1 aliphatic carbocycles. The molecular weight excluding hydrogens is 392 g/mol. The minimum atomic E-state index is -0.804. The molecule has 0 spiro atoms. The van der Waals surface area contributed by atoms with Gasteiger partial charge in [-0.2, -0.15) is 0 Å². The van der Waals surface area contributed by atoms with Crippen LogP contribution in [-0.2, 0) is 11.3 Å². The van der Waals surface area contributed by atoms with Gasteiger partial charge in [-0.05, 0) is 42.7 Å². The van der Waals surface area contributed by atoms with Crippen molar-refractivity contribution in [2.75, 3.05) is 31.1 Å². The first-order valence-corrected chi connectivity index (χ1v) is 11.0. The van der Waals surface area contributed by atoms with Crippen molar-refractivity contribution >= 4 is 17.6 Å². The number of carbonyl (C=O) groups excluding carboxylic acids is 2. The molecule has 0 atom stereocenters. The zero-order valence-corrected chi connectivity index (χ0v) is 17.7. The number of aromatic hydroxyl groups is 1. The summed E-state index contributed by atoms with van der Waals surface area (Å²) >= 11 is 0. The lowest BCUT2D eigenvalue weighted by molar-refractivity contribution is -0.138. The van der Waals surface area contributed by atoms with E-state index in [0.29, 0.717) is 32.5 Å². The highest BCUT2D eigenvalue weighted by Crippen LogP contribution is 2.32. The summed E-state index contributed by atoms with van der Waals surface area (Å²) in [7, 11) is 0. The van der Waals surface area contributed by atoms with E-state index in [9.17, 15) is 14.7 Å². The molecule has 1 aliphatic heterocycles. The van der Waals surface area contributed by atoms with Crippen LogP contribution in [0.2, 0.25) is 0 Å². The second kappa shape index (κ2) is 9.29. The van der Waals surface area contributed by atoms with Crippen LogP contribution in [0, 0.1) is 0 Å². The predicted octanol–water partition coefficient (Wildman–Crippen LogP) is 2.85. The third kappa shape index (κ3) is 4.93. The molecule has 7 heteroatoms. The van der Waals surface area contributed by atoms with Gasteiger partial charge in [0.05, 0.1) is 0 Å². The van der Waals surface area contributed by atoms with Gasteiger partial charge in [-0.25, -0.2) is 4.79 Å². The van der Waals surface area contributed by atoms with Crippen LogP contribution in [0.3, 0.4) is 0 Å². The van der Waals surface area contributed by atoms with Crippen LogP contribution in [0.4, 0.5) is 10.5 Å². The van der Waals surface area contributed by atoms with Crippen molar-refractivity contribution in [2.24, 2.45) is 0 Å². The van der Waals surface area contributed by atoms with Crippen molar-refractivity contribution in [1.82, 2.24) is 15.5 Å². The number of benzene rings is 2. The number of phenols is 1. The van der Waals surface area contributed by atoms with Gasteiger partial charge in [-0.15, -0.1) is 0 Å². The van der Waals surface area contributed by atoms with Gasteiger partial charge in [-0.3, -0.25) is 4.79 Å². The lowest BCUT2D eigenvalue weighted by Crippen LogP contribution is -2.62. The summed E-state index contributed by atoms with van der Waals surface area (Å²) in [5.74, 6) is 0.280. The molecule has 2 aliphatic rings. The average Bonchev–Trinajstić information content (AvgIpc) is 3.28. The minimum Gasteiger partial charge on any atom is -0.508 e. The van der Waals surface area contributed by atoms with Crippen LogP contribution in [0.1, 0.15) is 31.2 Å². The maximum Gasteiger partial charge on any atom is 0.315 e. The molecule has 3 amide bonds. The second-order valence-corrected chi connectivity index (χ2v) is 8.38. The summed E-state index contributed by atoms with van der Waals surface area (Å²) in [5.41, 5.74) is 1.26. The van der Waals surface area contributed by atoms with Crippen molar-refractivity contribution < 1.29 is 14.7 Å². The van der Waals surface area contributed by atoms with Crippen molar-refractivity contribution in [3.05, 3.63) is 60.2 Å². The Balaban J connectivity index is 1.34. The topological polar surface area (TPSA) is 84.9 Å². The van der Waals surface area contributed by atoms with Gasteiger partial charge in [0.25, 0.3) is 0 Å².